The normalized spacial score (nSPS) is 13.0. The van der Waals surface area contributed by atoms with E-state index in [-0.39, 0.29) is 11.8 Å². The van der Waals surface area contributed by atoms with Gasteiger partial charge in [-0.15, -0.1) is 0 Å². The summed E-state index contributed by atoms with van der Waals surface area (Å²) in [7, 11) is 0. The number of fused-ring (bicyclic) bond motifs is 1. The molecule has 0 aromatic heterocycles. The first-order chi connectivity index (χ1) is 13.2. The van der Waals surface area contributed by atoms with Gasteiger partial charge in [0.25, 0.3) is 11.8 Å². The maximum Gasteiger partial charge on any atom is 0.255 e. The molecule has 4 rings (SSSR count). The Hall–Kier alpha value is -3.40. The van der Waals surface area contributed by atoms with Gasteiger partial charge in [0.05, 0.1) is 0 Å². The molecule has 0 fully saturated rings. The summed E-state index contributed by atoms with van der Waals surface area (Å²) in [5.41, 5.74) is 4.35. The van der Waals surface area contributed by atoms with Gasteiger partial charge in [0.1, 0.15) is 0 Å². The summed E-state index contributed by atoms with van der Waals surface area (Å²) in [6.45, 7) is 1.19. The van der Waals surface area contributed by atoms with Gasteiger partial charge in [-0.05, 0) is 47.9 Å². The third kappa shape index (κ3) is 3.60. The highest BCUT2D eigenvalue weighted by Crippen LogP contribution is 2.27. The molecule has 134 valence electrons. The fraction of sp³-hybridized carbons (Fsp3) is 0.130. The van der Waals surface area contributed by atoms with Crippen LogP contribution in [0.1, 0.15) is 31.8 Å². The molecule has 0 aliphatic carbocycles. The summed E-state index contributed by atoms with van der Waals surface area (Å²) in [6.07, 6.45) is 0.721. The first kappa shape index (κ1) is 17.0. The number of anilines is 1. The van der Waals surface area contributed by atoms with E-state index in [4.69, 9.17) is 0 Å². The molecule has 27 heavy (non-hydrogen) atoms. The molecule has 0 radical (unpaired) electrons. The van der Waals surface area contributed by atoms with Crippen molar-refractivity contribution in [1.82, 2.24) is 4.90 Å². The minimum atomic E-state index is -0.119. The SMILES string of the molecule is O=C(Nc1cccc2c1CCN(C(=O)c1ccccc1)C2)c1ccccc1. The zero-order valence-corrected chi connectivity index (χ0v) is 14.9. The summed E-state index contributed by atoms with van der Waals surface area (Å²) in [5, 5.41) is 3.02. The summed E-state index contributed by atoms with van der Waals surface area (Å²) >= 11 is 0. The van der Waals surface area contributed by atoms with Gasteiger partial charge >= 0.3 is 0 Å². The van der Waals surface area contributed by atoms with E-state index in [1.807, 2.05) is 71.6 Å². The molecule has 0 bridgehead atoms. The van der Waals surface area contributed by atoms with E-state index in [0.29, 0.717) is 24.2 Å². The van der Waals surface area contributed by atoms with Crippen LogP contribution in [0.3, 0.4) is 0 Å². The Morgan fingerprint density at radius 2 is 1.44 bits per heavy atom. The maximum absolute atomic E-state index is 12.7. The molecule has 1 N–H and O–H groups in total. The minimum absolute atomic E-state index is 0.0416. The van der Waals surface area contributed by atoms with Gasteiger partial charge in [0.2, 0.25) is 0 Å². The standard InChI is InChI=1S/C23H20N2O2/c26-22(17-8-3-1-4-9-17)24-21-13-7-12-19-16-25(15-14-20(19)21)23(27)18-10-5-2-6-11-18/h1-13H,14-16H2,(H,24,26). The van der Waals surface area contributed by atoms with Crippen molar-refractivity contribution in [1.29, 1.82) is 0 Å². The number of carbonyl (C=O) groups is 2. The number of hydrogen-bond acceptors (Lipinski definition) is 2. The maximum atomic E-state index is 12.7. The molecule has 0 saturated heterocycles. The first-order valence-corrected chi connectivity index (χ1v) is 9.04. The number of amides is 2. The molecule has 4 heteroatoms. The molecule has 0 atom stereocenters. The number of hydrogen-bond donors (Lipinski definition) is 1. The molecule has 1 aliphatic heterocycles. The Bertz CT molecular complexity index is 968. The highest BCUT2D eigenvalue weighted by molar-refractivity contribution is 6.04. The monoisotopic (exact) mass is 356 g/mol. The van der Waals surface area contributed by atoms with Gasteiger partial charge < -0.3 is 10.2 Å². The van der Waals surface area contributed by atoms with Gasteiger partial charge in [-0.1, -0.05) is 48.5 Å². The Balaban J connectivity index is 1.53. The van der Waals surface area contributed by atoms with E-state index in [9.17, 15) is 9.59 Å². The zero-order valence-electron chi connectivity index (χ0n) is 14.9. The Labute approximate surface area is 158 Å². The smallest absolute Gasteiger partial charge is 0.255 e. The highest BCUT2D eigenvalue weighted by Gasteiger charge is 2.23. The van der Waals surface area contributed by atoms with E-state index < -0.39 is 0 Å². The van der Waals surface area contributed by atoms with E-state index in [2.05, 4.69) is 5.32 Å². The van der Waals surface area contributed by atoms with Crippen LogP contribution in [0.5, 0.6) is 0 Å². The number of benzene rings is 3. The van der Waals surface area contributed by atoms with Crippen molar-refractivity contribution in [3.05, 3.63) is 101 Å². The van der Waals surface area contributed by atoms with E-state index in [0.717, 1.165) is 23.2 Å². The molecule has 0 saturated carbocycles. The van der Waals surface area contributed by atoms with Crippen molar-refractivity contribution in [2.75, 3.05) is 11.9 Å². The summed E-state index contributed by atoms with van der Waals surface area (Å²) in [4.78, 5) is 27.1. The number of nitrogens with one attached hydrogen (secondary N) is 1. The molecular formula is C23H20N2O2. The van der Waals surface area contributed by atoms with Crippen LogP contribution in [0.15, 0.2) is 78.9 Å². The third-order valence-electron chi connectivity index (χ3n) is 4.86. The minimum Gasteiger partial charge on any atom is -0.334 e. The topological polar surface area (TPSA) is 49.4 Å². The summed E-state index contributed by atoms with van der Waals surface area (Å²) in [5.74, 6) is -0.0771. The van der Waals surface area contributed by atoms with Gasteiger partial charge in [-0.25, -0.2) is 0 Å². The van der Waals surface area contributed by atoms with Gasteiger partial charge in [-0.2, -0.15) is 0 Å². The lowest BCUT2D eigenvalue weighted by molar-refractivity contribution is 0.0734. The molecule has 0 unspecified atom stereocenters. The van der Waals surface area contributed by atoms with Crippen molar-refractivity contribution >= 4 is 17.5 Å². The van der Waals surface area contributed by atoms with E-state index >= 15 is 0 Å². The van der Waals surface area contributed by atoms with Crippen LogP contribution in [-0.4, -0.2) is 23.3 Å². The molecule has 3 aromatic rings. The fourth-order valence-electron chi connectivity index (χ4n) is 3.45. The second kappa shape index (κ2) is 7.46. The second-order valence-electron chi connectivity index (χ2n) is 6.61. The first-order valence-electron chi connectivity index (χ1n) is 9.04. The molecule has 4 nitrogen and oxygen atoms in total. The van der Waals surface area contributed by atoms with Crippen molar-refractivity contribution in [2.24, 2.45) is 0 Å². The lowest BCUT2D eigenvalue weighted by atomic mass is 9.97. The molecule has 3 aromatic carbocycles. The molecular weight excluding hydrogens is 336 g/mol. The zero-order chi connectivity index (χ0) is 18.6. The third-order valence-corrected chi connectivity index (χ3v) is 4.86. The van der Waals surface area contributed by atoms with Crippen LogP contribution < -0.4 is 5.32 Å². The van der Waals surface area contributed by atoms with Crippen LogP contribution in [0, 0.1) is 0 Å². The Morgan fingerprint density at radius 3 is 2.15 bits per heavy atom. The predicted octanol–water partition coefficient (Wildman–Crippen LogP) is 4.14. The van der Waals surface area contributed by atoms with Crippen molar-refractivity contribution in [3.63, 3.8) is 0 Å². The average Bonchev–Trinajstić information content (AvgIpc) is 2.74. The lowest BCUT2D eigenvalue weighted by Gasteiger charge is -2.30. The van der Waals surface area contributed by atoms with Crippen LogP contribution >= 0.6 is 0 Å². The van der Waals surface area contributed by atoms with Crippen LogP contribution in [0.2, 0.25) is 0 Å². The summed E-state index contributed by atoms with van der Waals surface area (Å²) < 4.78 is 0. The van der Waals surface area contributed by atoms with E-state index in [1.54, 1.807) is 12.1 Å². The molecule has 2 amide bonds. The Kier molecular flexibility index (Phi) is 4.71. The summed E-state index contributed by atoms with van der Waals surface area (Å²) in [6, 6.07) is 24.4. The van der Waals surface area contributed by atoms with Crippen molar-refractivity contribution < 1.29 is 9.59 Å². The number of rotatable bonds is 3. The van der Waals surface area contributed by atoms with Gasteiger partial charge in [0.15, 0.2) is 0 Å². The van der Waals surface area contributed by atoms with Crippen LogP contribution in [0.4, 0.5) is 5.69 Å². The second-order valence-corrected chi connectivity index (χ2v) is 6.61. The largest absolute Gasteiger partial charge is 0.334 e. The molecule has 1 heterocycles. The lowest BCUT2D eigenvalue weighted by Crippen LogP contribution is -2.36. The van der Waals surface area contributed by atoms with Gasteiger partial charge in [0, 0.05) is 29.9 Å². The van der Waals surface area contributed by atoms with Crippen molar-refractivity contribution in [2.45, 2.75) is 13.0 Å². The Morgan fingerprint density at radius 1 is 0.778 bits per heavy atom. The predicted molar refractivity (Wildman–Crippen MR) is 106 cm³/mol. The van der Waals surface area contributed by atoms with Gasteiger partial charge in [-0.3, -0.25) is 9.59 Å². The van der Waals surface area contributed by atoms with E-state index in [1.165, 1.54) is 0 Å². The quantitative estimate of drug-likeness (QED) is 0.767. The number of nitrogens with zero attached hydrogens (tertiary/aromatic N) is 1. The fourth-order valence-corrected chi connectivity index (χ4v) is 3.45. The molecule has 0 spiro atoms. The van der Waals surface area contributed by atoms with Crippen LogP contribution in [0.25, 0.3) is 0 Å². The van der Waals surface area contributed by atoms with Crippen LogP contribution in [-0.2, 0) is 13.0 Å². The number of carbonyl (C=O) groups excluding carboxylic acids is 2. The van der Waals surface area contributed by atoms with Crippen molar-refractivity contribution in [3.8, 4) is 0 Å². The highest BCUT2D eigenvalue weighted by atomic mass is 16.2. The average molecular weight is 356 g/mol. The molecule has 1 aliphatic rings.